The highest BCUT2D eigenvalue weighted by molar-refractivity contribution is 6.46. The number of aliphatic hydroxyl groups is 1. The predicted octanol–water partition coefficient (Wildman–Crippen LogP) is 3.78. The van der Waals surface area contributed by atoms with E-state index in [2.05, 4.69) is 0 Å². The van der Waals surface area contributed by atoms with Crippen LogP contribution in [0.3, 0.4) is 0 Å². The molecule has 1 saturated heterocycles. The lowest BCUT2D eigenvalue weighted by Crippen LogP contribution is -2.33. The summed E-state index contributed by atoms with van der Waals surface area (Å²) in [5, 5.41) is 10.9. The van der Waals surface area contributed by atoms with Crippen LogP contribution in [0.4, 0.5) is 0 Å². The second kappa shape index (κ2) is 8.39. The van der Waals surface area contributed by atoms with E-state index >= 15 is 0 Å². The van der Waals surface area contributed by atoms with Crippen molar-refractivity contribution in [1.29, 1.82) is 0 Å². The van der Waals surface area contributed by atoms with Crippen LogP contribution in [0, 0.1) is 5.92 Å². The van der Waals surface area contributed by atoms with Crippen LogP contribution in [0.2, 0.25) is 0 Å². The zero-order valence-corrected chi connectivity index (χ0v) is 17.0. The van der Waals surface area contributed by atoms with Crippen LogP contribution in [-0.4, -0.2) is 42.5 Å². The maximum Gasteiger partial charge on any atom is 0.295 e. The van der Waals surface area contributed by atoms with Crippen molar-refractivity contribution in [2.75, 3.05) is 20.8 Å². The molecule has 6 nitrogen and oxygen atoms in total. The van der Waals surface area contributed by atoms with Gasteiger partial charge in [0.2, 0.25) is 0 Å². The fraction of sp³-hybridized carbons (Fsp3) is 0.304. The normalized spacial score (nSPS) is 18.4. The van der Waals surface area contributed by atoms with Crippen molar-refractivity contribution in [1.82, 2.24) is 4.90 Å². The third-order valence-corrected chi connectivity index (χ3v) is 4.87. The van der Waals surface area contributed by atoms with E-state index in [1.807, 2.05) is 19.9 Å². The van der Waals surface area contributed by atoms with Crippen molar-refractivity contribution in [3.63, 3.8) is 0 Å². The van der Waals surface area contributed by atoms with Gasteiger partial charge in [0.15, 0.2) is 11.5 Å². The van der Waals surface area contributed by atoms with Gasteiger partial charge in [-0.1, -0.05) is 50.2 Å². The van der Waals surface area contributed by atoms with Gasteiger partial charge in [0, 0.05) is 12.1 Å². The van der Waals surface area contributed by atoms with Gasteiger partial charge >= 0.3 is 0 Å². The summed E-state index contributed by atoms with van der Waals surface area (Å²) in [6.07, 6.45) is 0. The maximum absolute atomic E-state index is 12.9. The summed E-state index contributed by atoms with van der Waals surface area (Å²) in [6, 6.07) is 13.3. The second-order valence-electron chi connectivity index (χ2n) is 7.33. The van der Waals surface area contributed by atoms with Crippen molar-refractivity contribution in [3.05, 3.63) is 65.2 Å². The second-order valence-corrected chi connectivity index (χ2v) is 7.33. The zero-order chi connectivity index (χ0) is 21.1. The van der Waals surface area contributed by atoms with E-state index < -0.39 is 17.7 Å². The summed E-state index contributed by atoms with van der Waals surface area (Å²) in [7, 11) is 3.06. The number of carbonyl (C=O) groups is 2. The molecule has 0 aliphatic carbocycles. The van der Waals surface area contributed by atoms with Gasteiger partial charge in [0.05, 0.1) is 25.8 Å². The molecule has 1 aliphatic heterocycles. The number of benzene rings is 2. The molecule has 0 aromatic heterocycles. The molecule has 6 heteroatoms. The first-order valence-electron chi connectivity index (χ1n) is 9.44. The van der Waals surface area contributed by atoms with Gasteiger partial charge in [-0.05, 0) is 23.6 Å². The number of ether oxygens (including phenoxy) is 2. The van der Waals surface area contributed by atoms with E-state index in [9.17, 15) is 14.7 Å². The van der Waals surface area contributed by atoms with E-state index in [4.69, 9.17) is 9.47 Å². The van der Waals surface area contributed by atoms with Crippen LogP contribution >= 0.6 is 0 Å². The Bertz CT molecular complexity index is 949. The number of nitrogens with zero attached hydrogens (tertiary/aromatic N) is 1. The molecule has 1 amide bonds. The third-order valence-electron chi connectivity index (χ3n) is 4.87. The molecule has 0 saturated carbocycles. The predicted molar refractivity (Wildman–Crippen MR) is 110 cm³/mol. The fourth-order valence-corrected chi connectivity index (χ4v) is 3.58. The van der Waals surface area contributed by atoms with Gasteiger partial charge in [0.25, 0.3) is 11.7 Å². The van der Waals surface area contributed by atoms with Crippen LogP contribution < -0.4 is 9.47 Å². The average molecular weight is 395 g/mol. The Morgan fingerprint density at radius 3 is 2.28 bits per heavy atom. The summed E-state index contributed by atoms with van der Waals surface area (Å²) in [5.41, 5.74) is 1.23. The van der Waals surface area contributed by atoms with Gasteiger partial charge in [0.1, 0.15) is 5.76 Å². The molecule has 0 radical (unpaired) electrons. The Morgan fingerprint density at radius 1 is 1.03 bits per heavy atom. The fourth-order valence-electron chi connectivity index (χ4n) is 3.58. The lowest BCUT2D eigenvalue weighted by molar-refractivity contribution is -0.140. The summed E-state index contributed by atoms with van der Waals surface area (Å²) in [5.74, 6) is -0.315. The number of hydrogen-bond donors (Lipinski definition) is 1. The number of rotatable bonds is 6. The minimum Gasteiger partial charge on any atom is -0.507 e. The summed E-state index contributed by atoms with van der Waals surface area (Å²) >= 11 is 0. The van der Waals surface area contributed by atoms with E-state index in [-0.39, 0.29) is 17.3 Å². The largest absolute Gasteiger partial charge is 0.507 e. The van der Waals surface area contributed by atoms with Gasteiger partial charge in [-0.15, -0.1) is 0 Å². The van der Waals surface area contributed by atoms with E-state index in [0.29, 0.717) is 29.2 Å². The SMILES string of the molecule is COc1ccc(C2C(=C(O)c3ccccc3)C(=O)C(=O)N2CC(C)C)cc1OC. The Morgan fingerprint density at radius 2 is 1.69 bits per heavy atom. The van der Waals surface area contributed by atoms with Gasteiger partial charge in [-0.3, -0.25) is 9.59 Å². The van der Waals surface area contributed by atoms with E-state index in [1.54, 1.807) is 42.5 Å². The van der Waals surface area contributed by atoms with Crippen molar-refractivity contribution in [2.24, 2.45) is 5.92 Å². The molecule has 1 atom stereocenters. The van der Waals surface area contributed by atoms with Gasteiger partial charge in [-0.25, -0.2) is 0 Å². The Kier molecular flexibility index (Phi) is 5.92. The van der Waals surface area contributed by atoms with E-state index in [1.165, 1.54) is 19.1 Å². The molecule has 29 heavy (non-hydrogen) atoms. The molecule has 2 aromatic carbocycles. The molecule has 1 fully saturated rings. The minimum atomic E-state index is -0.711. The first kappa shape index (κ1) is 20.5. The molecule has 1 heterocycles. The van der Waals surface area contributed by atoms with Crippen molar-refractivity contribution >= 4 is 17.4 Å². The first-order valence-corrected chi connectivity index (χ1v) is 9.44. The number of methoxy groups -OCH3 is 2. The molecular weight excluding hydrogens is 370 g/mol. The van der Waals surface area contributed by atoms with Crippen LogP contribution in [0.1, 0.15) is 31.0 Å². The number of amides is 1. The molecule has 2 aromatic rings. The topological polar surface area (TPSA) is 76.1 Å². The highest BCUT2D eigenvalue weighted by atomic mass is 16.5. The minimum absolute atomic E-state index is 0.0778. The number of hydrogen-bond acceptors (Lipinski definition) is 5. The molecule has 1 unspecified atom stereocenters. The highest BCUT2D eigenvalue weighted by Gasteiger charge is 2.46. The van der Waals surface area contributed by atoms with Crippen molar-refractivity contribution < 1.29 is 24.2 Å². The Hall–Kier alpha value is -3.28. The number of aliphatic hydroxyl groups excluding tert-OH is 1. The van der Waals surface area contributed by atoms with Crippen molar-refractivity contribution in [3.8, 4) is 11.5 Å². The van der Waals surface area contributed by atoms with Gasteiger partial charge < -0.3 is 19.5 Å². The van der Waals surface area contributed by atoms with Crippen LogP contribution in [0.15, 0.2) is 54.1 Å². The molecule has 1 aliphatic rings. The maximum atomic E-state index is 12.9. The van der Waals surface area contributed by atoms with Crippen LogP contribution in [0.5, 0.6) is 11.5 Å². The molecule has 152 valence electrons. The lowest BCUT2D eigenvalue weighted by atomic mass is 9.94. The molecule has 0 spiro atoms. The highest BCUT2D eigenvalue weighted by Crippen LogP contribution is 2.42. The number of Topliss-reactive ketones (excluding diaryl/α,β-unsaturated/α-hetero) is 1. The quantitative estimate of drug-likeness (QED) is 0.458. The zero-order valence-electron chi connectivity index (χ0n) is 17.0. The molecule has 0 bridgehead atoms. The Balaban J connectivity index is 2.21. The number of ketones is 1. The first-order chi connectivity index (χ1) is 13.9. The average Bonchev–Trinajstić information content (AvgIpc) is 2.97. The smallest absolute Gasteiger partial charge is 0.295 e. The number of carbonyl (C=O) groups excluding carboxylic acids is 2. The monoisotopic (exact) mass is 395 g/mol. The van der Waals surface area contributed by atoms with Crippen LogP contribution in [-0.2, 0) is 9.59 Å². The molecule has 3 rings (SSSR count). The summed E-state index contributed by atoms with van der Waals surface area (Å²) in [4.78, 5) is 27.2. The van der Waals surface area contributed by atoms with Gasteiger partial charge in [-0.2, -0.15) is 0 Å². The Labute approximate surface area is 170 Å². The number of likely N-dealkylation sites (tertiary alicyclic amines) is 1. The lowest BCUT2D eigenvalue weighted by Gasteiger charge is -2.27. The summed E-state index contributed by atoms with van der Waals surface area (Å²) in [6.45, 7) is 4.33. The van der Waals surface area contributed by atoms with Crippen molar-refractivity contribution in [2.45, 2.75) is 19.9 Å². The molecular formula is C23H25NO5. The summed E-state index contributed by atoms with van der Waals surface area (Å²) < 4.78 is 10.7. The van der Waals surface area contributed by atoms with Crippen LogP contribution in [0.25, 0.3) is 5.76 Å². The van der Waals surface area contributed by atoms with E-state index in [0.717, 1.165) is 0 Å². The molecule has 1 N–H and O–H groups in total. The standard InChI is InChI=1S/C23H25NO5/c1-14(2)13-24-20(16-10-11-17(28-3)18(12-16)29-4)19(22(26)23(24)27)21(25)15-8-6-5-7-9-15/h5-12,14,20,25H,13H2,1-4H3. The third kappa shape index (κ3) is 3.83.